The minimum absolute atomic E-state index is 0.0171. The zero-order valence-corrected chi connectivity index (χ0v) is 18.2. The maximum Gasteiger partial charge on any atom is 0.405 e. The number of piperidine rings is 1. The number of nitrogens with zero attached hydrogens (tertiary/aromatic N) is 1. The van der Waals surface area contributed by atoms with E-state index < -0.39 is 24.5 Å². The second-order valence-corrected chi connectivity index (χ2v) is 8.16. The van der Waals surface area contributed by atoms with Gasteiger partial charge in [0.05, 0.1) is 12.3 Å². The Hall–Kier alpha value is -3.36. The molecular formula is C24H26F3N3O3. The van der Waals surface area contributed by atoms with Gasteiger partial charge in [-0.05, 0) is 43.0 Å². The first-order chi connectivity index (χ1) is 15.6. The van der Waals surface area contributed by atoms with Crippen molar-refractivity contribution in [2.45, 2.75) is 32.4 Å². The molecule has 0 saturated carbocycles. The first kappa shape index (κ1) is 24.3. The molecule has 3 amide bonds. The molecule has 1 aliphatic rings. The van der Waals surface area contributed by atoms with Gasteiger partial charge < -0.3 is 15.5 Å². The summed E-state index contributed by atoms with van der Waals surface area (Å²) in [6.07, 6.45) is -2.94. The minimum Gasteiger partial charge on any atom is -0.343 e. The smallest absolute Gasteiger partial charge is 0.343 e. The van der Waals surface area contributed by atoms with Gasteiger partial charge in [-0.1, -0.05) is 36.4 Å². The van der Waals surface area contributed by atoms with Gasteiger partial charge in [-0.2, -0.15) is 13.2 Å². The summed E-state index contributed by atoms with van der Waals surface area (Å²) < 4.78 is 37.1. The Labute approximate surface area is 190 Å². The quantitative estimate of drug-likeness (QED) is 0.689. The summed E-state index contributed by atoms with van der Waals surface area (Å²) in [5, 5.41) is 4.60. The number of benzene rings is 2. The van der Waals surface area contributed by atoms with Crippen LogP contribution in [0, 0.1) is 12.8 Å². The Balaban J connectivity index is 1.62. The monoisotopic (exact) mass is 461 g/mol. The minimum atomic E-state index is -4.51. The van der Waals surface area contributed by atoms with Gasteiger partial charge in [-0.3, -0.25) is 14.4 Å². The average Bonchev–Trinajstić information content (AvgIpc) is 2.79. The molecular weight excluding hydrogens is 435 g/mol. The van der Waals surface area contributed by atoms with Gasteiger partial charge in [0.2, 0.25) is 11.8 Å². The lowest BCUT2D eigenvalue weighted by Crippen LogP contribution is -2.44. The number of aryl methyl sites for hydroxylation is 1. The van der Waals surface area contributed by atoms with E-state index in [1.54, 1.807) is 17.9 Å². The molecule has 0 aliphatic carbocycles. The predicted molar refractivity (Wildman–Crippen MR) is 118 cm³/mol. The lowest BCUT2D eigenvalue weighted by atomic mass is 9.96. The summed E-state index contributed by atoms with van der Waals surface area (Å²) >= 11 is 0. The van der Waals surface area contributed by atoms with Crippen LogP contribution in [0.15, 0.2) is 48.5 Å². The van der Waals surface area contributed by atoms with Gasteiger partial charge in [-0.25, -0.2) is 0 Å². The largest absolute Gasteiger partial charge is 0.405 e. The first-order valence-electron chi connectivity index (χ1n) is 10.7. The van der Waals surface area contributed by atoms with E-state index in [-0.39, 0.29) is 23.8 Å². The number of carbonyl (C=O) groups excluding carboxylic acids is 3. The molecule has 1 saturated heterocycles. The van der Waals surface area contributed by atoms with Crippen LogP contribution in [0.5, 0.6) is 0 Å². The van der Waals surface area contributed by atoms with Crippen LogP contribution in [0.3, 0.4) is 0 Å². The third kappa shape index (κ3) is 7.06. The van der Waals surface area contributed by atoms with Gasteiger partial charge >= 0.3 is 6.18 Å². The van der Waals surface area contributed by atoms with E-state index >= 15 is 0 Å². The lowest BCUT2D eigenvalue weighted by Gasteiger charge is -2.32. The van der Waals surface area contributed by atoms with Crippen LogP contribution in [0.25, 0.3) is 0 Å². The van der Waals surface area contributed by atoms with Crippen LogP contribution >= 0.6 is 0 Å². The Bertz CT molecular complexity index is 1010. The maximum absolute atomic E-state index is 12.9. The molecule has 1 heterocycles. The van der Waals surface area contributed by atoms with E-state index in [0.717, 1.165) is 5.56 Å². The molecule has 2 N–H and O–H groups in total. The SMILES string of the molecule is Cc1ccc(C(=O)NCC(F)(F)F)cc1NC(=O)C1CCCN(C(=O)Cc2ccccc2)C1. The topological polar surface area (TPSA) is 78.5 Å². The molecule has 1 fully saturated rings. The average molecular weight is 461 g/mol. The van der Waals surface area contributed by atoms with Crippen LogP contribution in [0.2, 0.25) is 0 Å². The molecule has 1 atom stereocenters. The summed E-state index contributed by atoms with van der Waals surface area (Å²) in [6.45, 7) is 1.17. The zero-order valence-electron chi connectivity index (χ0n) is 18.2. The van der Waals surface area contributed by atoms with E-state index in [9.17, 15) is 27.6 Å². The number of amides is 3. The van der Waals surface area contributed by atoms with Crippen molar-refractivity contribution in [3.05, 3.63) is 65.2 Å². The molecule has 0 aromatic heterocycles. The summed E-state index contributed by atoms with van der Waals surface area (Å²) in [5.74, 6) is -1.62. The first-order valence-corrected chi connectivity index (χ1v) is 10.7. The van der Waals surface area contributed by atoms with Crippen molar-refractivity contribution < 1.29 is 27.6 Å². The molecule has 0 spiro atoms. The molecule has 1 unspecified atom stereocenters. The number of alkyl halides is 3. The fraction of sp³-hybridized carbons (Fsp3) is 0.375. The van der Waals surface area contributed by atoms with Gasteiger partial charge in [0, 0.05) is 24.3 Å². The second-order valence-electron chi connectivity index (χ2n) is 8.16. The highest BCUT2D eigenvalue weighted by atomic mass is 19.4. The number of hydrogen-bond donors (Lipinski definition) is 2. The molecule has 0 radical (unpaired) electrons. The number of nitrogens with one attached hydrogen (secondary N) is 2. The van der Waals surface area contributed by atoms with Crippen molar-refractivity contribution in [3.8, 4) is 0 Å². The van der Waals surface area contributed by atoms with Crippen molar-refractivity contribution in [3.63, 3.8) is 0 Å². The number of rotatable bonds is 6. The fourth-order valence-corrected chi connectivity index (χ4v) is 3.72. The lowest BCUT2D eigenvalue weighted by molar-refractivity contribution is -0.134. The molecule has 176 valence electrons. The molecule has 33 heavy (non-hydrogen) atoms. The molecule has 6 nitrogen and oxygen atoms in total. The molecule has 2 aromatic carbocycles. The Morgan fingerprint density at radius 1 is 1.09 bits per heavy atom. The summed E-state index contributed by atoms with van der Waals surface area (Å²) in [4.78, 5) is 39.3. The van der Waals surface area contributed by atoms with Crippen LogP contribution in [-0.4, -0.2) is 48.4 Å². The van der Waals surface area contributed by atoms with Crippen molar-refractivity contribution in [2.75, 3.05) is 25.0 Å². The zero-order chi connectivity index (χ0) is 24.0. The fourth-order valence-electron chi connectivity index (χ4n) is 3.72. The number of anilines is 1. The highest BCUT2D eigenvalue weighted by Crippen LogP contribution is 2.23. The van der Waals surface area contributed by atoms with E-state index in [0.29, 0.717) is 37.2 Å². The van der Waals surface area contributed by atoms with Crippen LogP contribution in [-0.2, 0) is 16.0 Å². The molecule has 3 rings (SSSR count). The van der Waals surface area contributed by atoms with Gasteiger partial charge in [0.15, 0.2) is 0 Å². The molecule has 2 aromatic rings. The van der Waals surface area contributed by atoms with E-state index in [4.69, 9.17) is 0 Å². The number of halogens is 3. The maximum atomic E-state index is 12.9. The van der Waals surface area contributed by atoms with Crippen molar-refractivity contribution in [2.24, 2.45) is 5.92 Å². The standard InChI is InChI=1S/C24H26F3N3O3/c1-16-9-10-18(22(32)28-15-24(25,26)27)13-20(16)29-23(33)19-8-5-11-30(14-19)21(31)12-17-6-3-2-4-7-17/h2-4,6-7,9-10,13,19H,5,8,11-12,14-15H2,1H3,(H,28,32)(H,29,33). The Morgan fingerprint density at radius 2 is 1.82 bits per heavy atom. The Morgan fingerprint density at radius 3 is 2.52 bits per heavy atom. The summed E-state index contributed by atoms with van der Waals surface area (Å²) in [7, 11) is 0. The van der Waals surface area contributed by atoms with Crippen molar-refractivity contribution >= 4 is 23.4 Å². The van der Waals surface area contributed by atoms with Crippen molar-refractivity contribution in [1.82, 2.24) is 10.2 Å². The van der Waals surface area contributed by atoms with Crippen LogP contribution in [0.4, 0.5) is 18.9 Å². The third-order valence-electron chi connectivity index (χ3n) is 5.55. The number of likely N-dealkylation sites (tertiary alicyclic amines) is 1. The van der Waals surface area contributed by atoms with Crippen LogP contribution in [0.1, 0.15) is 34.3 Å². The highest BCUT2D eigenvalue weighted by Gasteiger charge is 2.30. The molecule has 0 bridgehead atoms. The molecule has 9 heteroatoms. The van der Waals surface area contributed by atoms with E-state index in [1.807, 2.05) is 35.6 Å². The number of hydrogen-bond acceptors (Lipinski definition) is 3. The van der Waals surface area contributed by atoms with Gasteiger partial charge in [0.1, 0.15) is 6.54 Å². The highest BCUT2D eigenvalue weighted by molar-refractivity contribution is 5.98. The van der Waals surface area contributed by atoms with Gasteiger partial charge in [0.25, 0.3) is 5.91 Å². The summed E-state index contributed by atoms with van der Waals surface area (Å²) in [5.41, 5.74) is 1.95. The van der Waals surface area contributed by atoms with Crippen LogP contribution < -0.4 is 10.6 Å². The predicted octanol–water partition coefficient (Wildman–Crippen LogP) is 3.71. The number of carbonyl (C=O) groups is 3. The van der Waals surface area contributed by atoms with E-state index in [2.05, 4.69) is 5.32 Å². The van der Waals surface area contributed by atoms with Gasteiger partial charge in [-0.15, -0.1) is 0 Å². The Kier molecular flexibility index (Phi) is 7.73. The third-order valence-corrected chi connectivity index (χ3v) is 5.55. The summed E-state index contributed by atoms with van der Waals surface area (Å²) in [6, 6.07) is 13.7. The van der Waals surface area contributed by atoms with Crippen molar-refractivity contribution in [1.29, 1.82) is 0 Å². The second kappa shape index (κ2) is 10.5. The normalized spacial score (nSPS) is 16.2. The van der Waals surface area contributed by atoms with E-state index in [1.165, 1.54) is 12.1 Å². The molecule has 1 aliphatic heterocycles.